The van der Waals surface area contributed by atoms with Crippen LogP contribution in [0.15, 0.2) is 12.2 Å². The standard InChI is InChI=1S/C7H11O2S.Na/c1-2-3-6-4-7(6)5-10(8)9;/h2-3,6-7H,4-5H2,1H3;/q-1;+1/b3-2+;/t6-,7+;/m1./s1. The average molecular weight is 182 g/mol. The third-order valence-electron chi connectivity index (χ3n) is 1.77. The van der Waals surface area contributed by atoms with Crippen LogP contribution >= 0.6 is 0 Å². The van der Waals surface area contributed by atoms with E-state index in [2.05, 4.69) is 6.08 Å². The van der Waals surface area contributed by atoms with E-state index in [1.165, 1.54) is 0 Å². The van der Waals surface area contributed by atoms with Crippen molar-refractivity contribution in [3.63, 3.8) is 0 Å². The molecule has 0 N–H and O–H groups in total. The van der Waals surface area contributed by atoms with Crippen LogP contribution in [0.25, 0.3) is 0 Å². The zero-order valence-corrected chi connectivity index (χ0v) is 9.76. The Hall–Kier alpha value is 0.690. The van der Waals surface area contributed by atoms with Crippen molar-refractivity contribution in [3.8, 4) is 0 Å². The van der Waals surface area contributed by atoms with Crippen molar-refractivity contribution in [2.24, 2.45) is 11.8 Å². The van der Waals surface area contributed by atoms with Crippen molar-refractivity contribution >= 4 is 10.7 Å². The summed E-state index contributed by atoms with van der Waals surface area (Å²) in [5, 5.41) is 0. The van der Waals surface area contributed by atoms with Gasteiger partial charge in [0.05, 0.1) is 0 Å². The van der Waals surface area contributed by atoms with E-state index < -0.39 is 10.7 Å². The molecule has 2 atom stereocenters. The van der Waals surface area contributed by atoms with E-state index in [0.29, 0.717) is 17.6 Å². The molecule has 1 saturated carbocycles. The first kappa shape index (κ1) is 11.7. The molecule has 0 heterocycles. The van der Waals surface area contributed by atoms with E-state index >= 15 is 0 Å². The predicted octanol–water partition coefficient (Wildman–Crippen LogP) is -1.49. The van der Waals surface area contributed by atoms with Crippen molar-refractivity contribution in [2.45, 2.75) is 13.3 Å². The summed E-state index contributed by atoms with van der Waals surface area (Å²) in [5.74, 6) is 1.30. The fourth-order valence-electron chi connectivity index (χ4n) is 1.12. The van der Waals surface area contributed by atoms with Gasteiger partial charge in [-0.2, -0.15) is 0 Å². The summed E-state index contributed by atoms with van der Waals surface area (Å²) in [6.07, 6.45) is 5.12. The molecular weight excluding hydrogens is 171 g/mol. The van der Waals surface area contributed by atoms with E-state index in [1.54, 1.807) is 0 Å². The maximum Gasteiger partial charge on any atom is 1.00 e. The van der Waals surface area contributed by atoms with Gasteiger partial charge in [0.25, 0.3) is 0 Å². The summed E-state index contributed by atoms with van der Waals surface area (Å²) >= 11 is 0. The summed E-state index contributed by atoms with van der Waals surface area (Å²) in [5.41, 5.74) is 0. The molecule has 0 spiro atoms. The minimum atomic E-state index is -1.84. The smallest absolute Gasteiger partial charge is 0.424 e. The van der Waals surface area contributed by atoms with Crippen LogP contribution in [-0.4, -0.2) is 5.75 Å². The van der Waals surface area contributed by atoms with Gasteiger partial charge in [-0.05, 0) is 25.2 Å². The van der Waals surface area contributed by atoms with E-state index in [0.717, 1.165) is 6.42 Å². The van der Waals surface area contributed by atoms with Crippen LogP contribution in [0.2, 0.25) is 0 Å². The van der Waals surface area contributed by atoms with Gasteiger partial charge in [0.15, 0.2) is 0 Å². The van der Waals surface area contributed by atoms with Gasteiger partial charge in [-0.1, -0.05) is 28.6 Å². The SMILES string of the molecule is C/C=C/[C@@H]1C[C@H]1C[S-](=O)=O.[Na+]. The van der Waals surface area contributed by atoms with E-state index in [-0.39, 0.29) is 29.6 Å². The minimum absolute atomic E-state index is 0. The zero-order chi connectivity index (χ0) is 7.56. The van der Waals surface area contributed by atoms with Gasteiger partial charge >= 0.3 is 29.6 Å². The molecule has 0 radical (unpaired) electrons. The van der Waals surface area contributed by atoms with Crippen molar-refractivity contribution < 1.29 is 38.0 Å². The Balaban J connectivity index is 0.000001000. The number of hydrogen-bond donors (Lipinski definition) is 0. The topological polar surface area (TPSA) is 34.1 Å². The molecule has 1 aliphatic carbocycles. The summed E-state index contributed by atoms with van der Waals surface area (Å²) in [6.45, 7) is 1.96. The van der Waals surface area contributed by atoms with Crippen LogP contribution < -0.4 is 29.6 Å². The van der Waals surface area contributed by atoms with Crippen molar-refractivity contribution in [1.82, 2.24) is 0 Å². The average Bonchev–Trinajstić information content (AvgIpc) is 2.47. The fraction of sp³-hybridized carbons (Fsp3) is 0.714. The second-order valence-corrected chi connectivity index (χ2v) is 3.60. The summed E-state index contributed by atoms with van der Waals surface area (Å²) in [4.78, 5) is 0. The van der Waals surface area contributed by atoms with Gasteiger partial charge in [0.2, 0.25) is 0 Å². The molecule has 11 heavy (non-hydrogen) atoms. The normalized spacial score (nSPS) is 28.9. The minimum Gasteiger partial charge on any atom is -0.424 e. The Morgan fingerprint density at radius 2 is 2.18 bits per heavy atom. The fourth-order valence-corrected chi connectivity index (χ4v) is 1.85. The molecule has 0 aromatic heterocycles. The zero-order valence-electron chi connectivity index (χ0n) is 6.95. The second-order valence-electron chi connectivity index (χ2n) is 2.66. The number of rotatable bonds is 3. The molecule has 0 aliphatic heterocycles. The maximum atomic E-state index is 10.2. The molecule has 1 rings (SSSR count). The molecule has 0 amide bonds. The molecular formula is C7H11NaO2S. The first-order valence-corrected chi connectivity index (χ1v) is 4.67. The van der Waals surface area contributed by atoms with Crippen LogP contribution in [0.5, 0.6) is 0 Å². The molecule has 1 aliphatic rings. The maximum absolute atomic E-state index is 10.2. The van der Waals surface area contributed by atoms with E-state index in [4.69, 9.17) is 0 Å². The first-order chi connectivity index (χ1) is 4.74. The van der Waals surface area contributed by atoms with Crippen molar-refractivity contribution in [3.05, 3.63) is 12.2 Å². The number of allylic oxidation sites excluding steroid dienone is 2. The Bertz CT molecular complexity index is 202. The molecule has 1 fully saturated rings. The van der Waals surface area contributed by atoms with Gasteiger partial charge in [-0.15, -0.1) is 0 Å². The van der Waals surface area contributed by atoms with Gasteiger partial charge in [-0.3, -0.25) is 0 Å². The molecule has 4 heteroatoms. The molecule has 0 unspecified atom stereocenters. The Morgan fingerprint density at radius 3 is 2.64 bits per heavy atom. The van der Waals surface area contributed by atoms with Crippen LogP contribution in [0.3, 0.4) is 0 Å². The van der Waals surface area contributed by atoms with Crippen molar-refractivity contribution in [1.29, 1.82) is 0 Å². The summed E-state index contributed by atoms with van der Waals surface area (Å²) < 4.78 is 20.4. The monoisotopic (exact) mass is 182 g/mol. The van der Waals surface area contributed by atoms with Gasteiger partial charge in [0, 0.05) is 0 Å². The molecule has 2 nitrogen and oxygen atoms in total. The van der Waals surface area contributed by atoms with Crippen LogP contribution in [0.1, 0.15) is 13.3 Å². The predicted molar refractivity (Wildman–Crippen MR) is 40.0 cm³/mol. The number of hydrogen-bond acceptors (Lipinski definition) is 3. The van der Waals surface area contributed by atoms with Gasteiger partial charge in [-0.25, -0.2) is 0 Å². The summed E-state index contributed by atoms with van der Waals surface area (Å²) in [6, 6.07) is 0. The third-order valence-corrected chi connectivity index (χ3v) is 2.47. The Morgan fingerprint density at radius 1 is 1.55 bits per heavy atom. The van der Waals surface area contributed by atoms with Gasteiger partial charge in [0.1, 0.15) is 0 Å². The molecule has 0 aromatic carbocycles. The molecule has 0 bridgehead atoms. The largest absolute Gasteiger partial charge is 1.00 e. The summed E-state index contributed by atoms with van der Waals surface area (Å²) in [7, 11) is -1.84. The molecule has 0 aromatic rings. The van der Waals surface area contributed by atoms with Gasteiger partial charge < -0.3 is 8.42 Å². The molecule has 0 saturated heterocycles. The molecule has 58 valence electrons. The quantitative estimate of drug-likeness (QED) is 0.303. The van der Waals surface area contributed by atoms with E-state index in [1.807, 2.05) is 13.0 Å². The second kappa shape index (κ2) is 5.36. The Kier molecular flexibility index (Phi) is 5.69. The van der Waals surface area contributed by atoms with E-state index in [9.17, 15) is 8.42 Å². The van der Waals surface area contributed by atoms with Crippen LogP contribution in [0, 0.1) is 11.8 Å². The van der Waals surface area contributed by atoms with Crippen LogP contribution in [0.4, 0.5) is 0 Å². The van der Waals surface area contributed by atoms with Crippen molar-refractivity contribution in [2.75, 3.05) is 5.75 Å². The van der Waals surface area contributed by atoms with Crippen LogP contribution in [-0.2, 0) is 19.1 Å². The third kappa shape index (κ3) is 4.31. The first-order valence-electron chi connectivity index (χ1n) is 3.42. The Labute approximate surface area is 91.3 Å².